The summed E-state index contributed by atoms with van der Waals surface area (Å²) in [5, 5.41) is 0. The molecule has 6 nitrogen and oxygen atoms in total. The molecule has 0 saturated carbocycles. The molecular formula is C23H26N2O4S2. The van der Waals surface area contributed by atoms with Gasteiger partial charge in [-0.2, -0.15) is 4.99 Å². The van der Waals surface area contributed by atoms with Gasteiger partial charge >= 0.3 is 5.97 Å². The number of carbonyl (C=O) groups excluding carboxylic acids is 2. The van der Waals surface area contributed by atoms with E-state index in [0.29, 0.717) is 23.6 Å². The first-order valence-corrected chi connectivity index (χ1v) is 11.8. The van der Waals surface area contributed by atoms with Crippen LogP contribution in [0, 0.1) is 13.8 Å². The lowest BCUT2D eigenvalue weighted by Gasteiger charge is -2.06. The second-order valence-corrected chi connectivity index (χ2v) is 9.13. The van der Waals surface area contributed by atoms with Gasteiger partial charge in [-0.15, -0.1) is 11.8 Å². The molecule has 0 unspecified atom stereocenters. The maximum Gasteiger partial charge on any atom is 0.326 e. The quantitative estimate of drug-likeness (QED) is 0.367. The number of methoxy groups -OCH3 is 1. The number of ether oxygens (including phenoxy) is 2. The van der Waals surface area contributed by atoms with Gasteiger partial charge in [-0.3, -0.25) is 9.59 Å². The highest BCUT2D eigenvalue weighted by molar-refractivity contribution is 7.99. The molecule has 0 spiro atoms. The number of hydrogen-bond donors (Lipinski definition) is 0. The Hall–Kier alpha value is -2.58. The summed E-state index contributed by atoms with van der Waals surface area (Å²) in [4.78, 5) is 30.7. The standard InChI is InChI=1S/C23H26N2O4S2/c1-5-29-21(27)14-25-19-13-15(2)12-16(3)22(19)31-23(25)24-20(26)10-11-30-18-8-6-17(28-4)7-9-18/h6-9,12-13H,5,10-11,14H2,1-4H3. The van der Waals surface area contributed by atoms with E-state index in [4.69, 9.17) is 9.47 Å². The second kappa shape index (κ2) is 10.6. The number of hydrogen-bond acceptors (Lipinski definition) is 6. The van der Waals surface area contributed by atoms with Gasteiger partial charge in [0.15, 0.2) is 4.80 Å². The minimum absolute atomic E-state index is 0.0312. The summed E-state index contributed by atoms with van der Waals surface area (Å²) in [6.45, 7) is 6.16. The molecule has 2 aromatic carbocycles. The SMILES string of the molecule is CCOC(=O)Cn1c(=NC(=O)CCSc2ccc(OC)cc2)sc2c(C)cc(C)cc21. The van der Waals surface area contributed by atoms with Gasteiger partial charge in [0.25, 0.3) is 0 Å². The minimum atomic E-state index is -0.342. The van der Waals surface area contributed by atoms with Crippen molar-refractivity contribution in [1.29, 1.82) is 0 Å². The Morgan fingerprint density at radius 2 is 1.90 bits per heavy atom. The number of thiazole rings is 1. The molecule has 0 aliphatic rings. The second-order valence-electron chi connectivity index (χ2n) is 6.99. The lowest BCUT2D eigenvalue weighted by Crippen LogP contribution is -2.23. The van der Waals surface area contributed by atoms with Gasteiger partial charge in [-0.05, 0) is 62.2 Å². The molecule has 0 saturated heterocycles. The summed E-state index contributed by atoms with van der Waals surface area (Å²) in [6.07, 6.45) is 0.308. The number of rotatable bonds is 8. The third-order valence-corrected chi connectivity index (χ3v) is 6.81. The number of nitrogens with zero attached hydrogens (tertiary/aromatic N) is 2. The van der Waals surface area contributed by atoms with Crippen LogP contribution in [0.15, 0.2) is 46.3 Å². The van der Waals surface area contributed by atoms with Gasteiger partial charge in [0.05, 0.1) is 23.9 Å². The largest absolute Gasteiger partial charge is 0.497 e. The highest BCUT2D eigenvalue weighted by Gasteiger charge is 2.14. The van der Waals surface area contributed by atoms with Crippen LogP contribution >= 0.6 is 23.1 Å². The van der Waals surface area contributed by atoms with Crippen molar-refractivity contribution >= 4 is 45.2 Å². The third kappa shape index (κ3) is 5.98. The fourth-order valence-electron chi connectivity index (χ4n) is 3.18. The molecule has 1 amide bonds. The average molecular weight is 459 g/mol. The fourth-order valence-corrected chi connectivity index (χ4v) is 5.11. The van der Waals surface area contributed by atoms with Crippen molar-refractivity contribution in [2.24, 2.45) is 4.99 Å². The Morgan fingerprint density at radius 1 is 1.16 bits per heavy atom. The number of thioether (sulfide) groups is 1. The van der Waals surface area contributed by atoms with E-state index < -0.39 is 0 Å². The van der Waals surface area contributed by atoms with Crippen molar-refractivity contribution in [3.63, 3.8) is 0 Å². The fraction of sp³-hybridized carbons (Fsp3) is 0.348. The molecule has 0 bridgehead atoms. The average Bonchev–Trinajstić information content (AvgIpc) is 3.06. The van der Waals surface area contributed by atoms with Crippen LogP contribution in [0.5, 0.6) is 5.75 Å². The van der Waals surface area contributed by atoms with Gasteiger partial charge in [-0.25, -0.2) is 0 Å². The highest BCUT2D eigenvalue weighted by Crippen LogP contribution is 2.24. The number of fused-ring (bicyclic) bond motifs is 1. The molecule has 1 heterocycles. The van der Waals surface area contributed by atoms with E-state index in [-0.39, 0.29) is 18.4 Å². The van der Waals surface area contributed by atoms with Crippen molar-refractivity contribution in [2.75, 3.05) is 19.5 Å². The summed E-state index contributed by atoms with van der Waals surface area (Å²) in [6, 6.07) is 11.8. The Kier molecular flexibility index (Phi) is 7.92. The molecule has 1 aromatic heterocycles. The molecule has 0 N–H and O–H groups in total. The van der Waals surface area contributed by atoms with Crippen molar-refractivity contribution in [3.8, 4) is 5.75 Å². The van der Waals surface area contributed by atoms with Crippen LogP contribution < -0.4 is 9.54 Å². The third-order valence-electron chi connectivity index (χ3n) is 4.57. The topological polar surface area (TPSA) is 69.9 Å². The van der Waals surface area contributed by atoms with E-state index in [2.05, 4.69) is 11.1 Å². The highest BCUT2D eigenvalue weighted by atomic mass is 32.2. The predicted molar refractivity (Wildman–Crippen MR) is 125 cm³/mol. The number of benzene rings is 2. The summed E-state index contributed by atoms with van der Waals surface area (Å²) in [5.41, 5.74) is 3.09. The molecule has 3 aromatic rings. The number of esters is 1. The minimum Gasteiger partial charge on any atom is -0.497 e. The molecule has 3 rings (SSSR count). The van der Waals surface area contributed by atoms with E-state index in [9.17, 15) is 9.59 Å². The van der Waals surface area contributed by atoms with Crippen LogP contribution in [0.25, 0.3) is 10.2 Å². The zero-order valence-electron chi connectivity index (χ0n) is 18.1. The van der Waals surface area contributed by atoms with Crippen LogP contribution in [0.2, 0.25) is 0 Å². The van der Waals surface area contributed by atoms with Crippen LogP contribution in [0.3, 0.4) is 0 Å². The van der Waals surface area contributed by atoms with Crippen LogP contribution in [0.4, 0.5) is 0 Å². The van der Waals surface area contributed by atoms with E-state index in [1.165, 1.54) is 11.3 Å². The van der Waals surface area contributed by atoms with Crippen LogP contribution in [-0.2, 0) is 20.9 Å². The summed E-state index contributed by atoms with van der Waals surface area (Å²) < 4.78 is 13.1. The van der Waals surface area contributed by atoms with Crippen molar-refractivity contribution in [1.82, 2.24) is 4.57 Å². The molecule has 8 heteroatoms. The molecule has 0 aliphatic heterocycles. The molecule has 31 heavy (non-hydrogen) atoms. The number of aryl methyl sites for hydroxylation is 2. The first-order chi connectivity index (χ1) is 14.9. The Balaban J connectivity index is 1.81. The molecule has 0 fully saturated rings. The zero-order valence-corrected chi connectivity index (χ0v) is 19.8. The number of carbonyl (C=O) groups is 2. The Bertz CT molecular complexity index is 1150. The van der Waals surface area contributed by atoms with Crippen LogP contribution in [-0.4, -0.2) is 35.9 Å². The summed E-state index contributed by atoms with van der Waals surface area (Å²) in [7, 11) is 1.63. The summed E-state index contributed by atoms with van der Waals surface area (Å²) >= 11 is 3.02. The zero-order chi connectivity index (χ0) is 22.4. The van der Waals surface area contributed by atoms with E-state index in [0.717, 1.165) is 32.0 Å². The van der Waals surface area contributed by atoms with E-state index in [1.807, 2.05) is 44.2 Å². The predicted octanol–water partition coefficient (Wildman–Crippen LogP) is 4.50. The maximum absolute atomic E-state index is 12.6. The van der Waals surface area contributed by atoms with Gasteiger partial charge in [-0.1, -0.05) is 17.4 Å². The Labute approximate surface area is 189 Å². The molecule has 0 aliphatic carbocycles. The summed E-state index contributed by atoms with van der Waals surface area (Å²) in [5.74, 6) is 0.872. The van der Waals surface area contributed by atoms with Crippen molar-refractivity contribution < 1.29 is 19.1 Å². The number of aromatic nitrogens is 1. The van der Waals surface area contributed by atoms with Gasteiger partial charge in [0, 0.05) is 17.1 Å². The smallest absolute Gasteiger partial charge is 0.326 e. The molecular weight excluding hydrogens is 432 g/mol. The van der Waals surface area contributed by atoms with Gasteiger partial charge < -0.3 is 14.0 Å². The lowest BCUT2D eigenvalue weighted by molar-refractivity contribution is -0.143. The lowest BCUT2D eigenvalue weighted by atomic mass is 10.1. The first-order valence-electron chi connectivity index (χ1n) is 10.0. The van der Waals surface area contributed by atoms with Crippen LogP contribution in [0.1, 0.15) is 24.5 Å². The number of amides is 1. The van der Waals surface area contributed by atoms with Gasteiger partial charge in [0.2, 0.25) is 5.91 Å². The van der Waals surface area contributed by atoms with E-state index >= 15 is 0 Å². The van der Waals surface area contributed by atoms with Crippen molar-refractivity contribution in [3.05, 3.63) is 52.3 Å². The molecule has 0 atom stereocenters. The van der Waals surface area contributed by atoms with E-state index in [1.54, 1.807) is 30.4 Å². The normalized spacial score (nSPS) is 11.7. The van der Waals surface area contributed by atoms with Crippen molar-refractivity contribution in [2.45, 2.75) is 38.6 Å². The molecule has 0 radical (unpaired) electrons. The monoisotopic (exact) mass is 458 g/mol. The molecule has 164 valence electrons. The van der Waals surface area contributed by atoms with Gasteiger partial charge in [0.1, 0.15) is 12.3 Å². The first kappa shape index (κ1) is 23.1. The maximum atomic E-state index is 12.6. The Morgan fingerprint density at radius 3 is 2.58 bits per heavy atom.